The number of aliphatic carboxylic acids is 1. The topological polar surface area (TPSA) is 301 Å². The monoisotopic (exact) mass is 1050 g/mol. The Morgan fingerprint density at radius 2 is 1.62 bits per heavy atom. The minimum Gasteiger partial charge on any atom is -0.481 e. The maximum absolute atomic E-state index is 14.7. The Morgan fingerprint density at radius 1 is 0.932 bits per heavy atom. The molecule has 1 aliphatic rings. The van der Waals surface area contributed by atoms with Gasteiger partial charge in [-0.05, 0) is 94.0 Å². The van der Waals surface area contributed by atoms with E-state index >= 15 is 0 Å². The van der Waals surface area contributed by atoms with Crippen molar-refractivity contribution in [2.75, 3.05) is 32.0 Å². The highest BCUT2D eigenvalue weighted by Gasteiger charge is 2.39. The molecule has 0 aliphatic carbocycles. The van der Waals surface area contributed by atoms with Crippen LogP contribution in [0, 0.1) is 23.7 Å². The van der Waals surface area contributed by atoms with Gasteiger partial charge in [-0.1, -0.05) is 80.4 Å². The van der Waals surface area contributed by atoms with E-state index in [0.29, 0.717) is 54.9 Å². The van der Waals surface area contributed by atoms with Gasteiger partial charge in [-0.15, -0.1) is 11.3 Å². The van der Waals surface area contributed by atoms with Crippen molar-refractivity contribution in [1.29, 1.82) is 0 Å². The highest BCUT2D eigenvalue weighted by atomic mass is 32.1. The predicted molar refractivity (Wildman–Crippen MR) is 282 cm³/mol. The SMILES string of the molecule is CCCN(C(=O)[C@@H](NC(=O)[C@H]1CCCCN1C)[C@@H](C)CC)[C@H](C[C@@H](OC(C)=O)c1nc(C(=O)N[C@@H](Cc2ccc(NC(=O)[C@H](CCCNC(N)=O)NC(=O)[C@@H](NC=O)C(C)C)cc2)CC(C)C(=O)O)cs1)C(C)C. The van der Waals surface area contributed by atoms with Crippen molar-refractivity contribution in [3.8, 4) is 0 Å². The minimum atomic E-state index is -1.05. The van der Waals surface area contributed by atoms with Crippen molar-refractivity contribution in [2.45, 2.75) is 169 Å². The van der Waals surface area contributed by atoms with Crippen LogP contribution in [-0.2, 0) is 44.7 Å². The van der Waals surface area contributed by atoms with Crippen LogP contribution in [0.2, 0.25) is 0 Å². The molecule has 1 unspecified atom stereocenters. The second-order valence-electron chi connectivity index (χ2n) is 20.1. The molecule has 1 fully saturated rings. The molecule has 9 atom stereocenters. The van der Waals surface area contributed by atoms with E-state index in [-0.39, 0.29) is 73.5 Å². The Bertz CT molecular complexity index is 2190. The summed E-state index contributed by atoms with van der Waals surface area (Å²) in [5.41, 5.74) is 6.27. The molecule has 0 saturated carbocycles. The molecule has 3 rings (SSSR count). The van der Waals surface area contributed by atoms with Crippen LogP contribution in [-0.4, -0.2) is 137 Å². The number of nitrogens with zero attached hydrogens (tertiary/aromatic N) is 3. The number of likely N-dealkylation sites (tertiary alicyclic amines) is 1. The van der Waals surface area contributed by atoms with Crippen molar-refractivity contribution in [2.24, 2.45) is 29.4 Å². The van der Waals surface area contributed by atoms with Gasteiger partial charge in [-0.25, -0.2) is 9.78 Å². The first-order chi connectivity index (χ1) is 35.0. The quantitative estimate of drug-likeness (QED) is 0.0293. The van der Waals surface area contributed by atoms with Crippen LogP contribution in [0.5, 0.6) is 0 Å². The number of amides is 8. The van der Waals surface area contributed by atoms with Gasteiger partial charge in [-0.2, -0.15) is 0 Å². The zero-order chi connectivity index (χ0) is 55.2. The Labute approximate surface area is 440 Å². The number of carbonyl (C=O) groups is 9. The summed E-state index contributed by atoms with van der Waals surface area (Å²) in [7, 11) is 1.93. The number of anilines is 1. The van der Waals surface area contributed by atoms with Crippen molar-refractivity contribution < 1.29 is 53.0 Å². The predicted octanol–water partition coefficient (Wildman–Crippen LogP) is 4.51. The molecule has 0 bridgehead atoms. The summed E-state index contributed by atoms with van der Waals surface area (Å²) in [6.07, 6.45) is 4.27. The largest absolute Gasteiger partial charge is 0.481 e. The van der Waals surface area contributed by atoms with Gasteiger partial charge in [0.1, 0.15) is 28.8 Å². The first-order valence-corrected chi connectivity index (χ1v) is 26.8. The normalized spacial score (nSPS) is 17.0. The number of benzene rings is 1. The van der Waals surface area contributed by atoms with Crippen molar-refractivity contribution in [3.05, 3.63) is 45.9 Å². The molecular weight excluding hydrogens is 973 g/mol. The van der Waals surface area contributed by atoms with Gasteiger partial charge < -0.3 is 52.4 Å². The number of nitrogens with one attached hydrogen (secondary N) is 6. The summed E-state index contributed by atoms with van der Waals surface area (Å²) in [5.74, 6) is -5.11. The number of nitrogens with two attached hydrogens (primary N) is 1. The molecule has 0 radical (unpaired) electrons. The van der Waals surface area contributed by atoms with Gasteiger partial charge in [0.2, 0.25) is 30.0 Å². The summed E-state index contributed by atoms with van der Waals surface area (Å²) in [6, 6.07) is 1.76. The van der Waals surface area contributed by atoms with Crippen LogP contribution in [0.15, 0.2) is 29.6 Å². The van der Waals surface area contributed by atoms with Crippen LogP contribution < -0.4 is 37.6 Å². The third-order valence-corrected chi connectivity index (χ3v) is 14.4. The minimum absolute atomic E-state index is 0.0247. The zero-order valence-corrected chi connectivity index (χ0v) is 45.7. The number of hydrogen-bond donors (Lipinski definition) is 8. The fraction of sp³-hybridized carbons (Fsp3) is 0.654. The Morgan fingerprint density at radius 3 is 2.19 bits per heavy atom. The van der Waals surface area contributed by atoms with Gasteiger partial charge in [0, 0.05) is 49.6 Å². The number of piperidine rings is 1. The number of carbonyl (C=O) groups excluding carboxylic acids is 8. The van der Waals surface area contributed by atoms with Gasteiger partial charge in [0.05, 0.1) is 12.0 Å². The van der Waals surface area contributed by atoms with E-state index in [1.54, 1.807) is 43.0 Å². The maximum Gasteiger partial charge on any atom is 0.312 e. The number of ether oxygens (including phenoxy) is 1. The molecule has 1 saturated heterocycles. The molecular formula is C52H82N10O11S. The Balaban J connectivity index is 1.84. The highest BCUT2D eigenvalue weighted by Crippen LogP contribution is 2.32. The van der Waals surface area contributed by atoms with Crippen LogP contribution in [0.1, 0.15) is 147 Å². The number of rotatable bonds is 31. The van der Waals surface area contributed by atoms with Crippen molar-refractivity contribution in [3.63, 3.8) is 0 Å². The van der Waals surface area contributed by atoms with Gasteiger partial charge >= 0.3 is 18.0 Å². The summed E-state index contributed by atoms with van der Waals surface area (Å²) in [4.78, 5) is 125. The number of carboxylic acid groups (broad SMARTS) is 1. The molecule has 74 heavy (non-hydrogen) atoms. The summed E-state index contributed by atoms with van der Waals surface area (Å²) >= 11 is 1.12. The Kier molecular flexibility index (Phi) is 25.9. The maximum atomic E-state index is 14.7. The summed E-state index contributed by atoms with van der Waals surface area (Å²) < 4.78 is 5.88. The third kappa shape index (κ3) is 19.6. The number of hydrogen-bond acceptors (Lipinski definition) is 13. The lowest BCUT2D eigenvalue weighted by molar-refractivity contribution is -0.150. The van der Waals surface area contributed by atoms with Gasteiger partial charge in [0.15, 0.2) is 6.10 Å². The average Bonchev–Trinajstić information content (AvgIpc) is 3.84. The molecule has 9 N–H and O–H groups in total. The molecule has 2 heterocycles. The lowest BCUT2D eigenvalue weighted by Crippen LogP contribution is -2.58. The molecule has 1 aliphatic heterocycles. The molecule has 1 aromatic heterocycles. The number of thiazole rings is 1. The number of likely N-dealkylation sites (N-methyl/N-ethyl adjacent to an activating group) is 1. The lowest BCUT2D eigenvalue weighted by atomic mass is 9.92. The fourth-order valence-electron chi connectivity index (χ4n) is 9.03. The molecule has 412 valence electrons. The van der Waals surface area contributed by atoms with Crippen molar-refractivity contribution in [1.82, 2.24) is 41.4 Å². The zero-order valence-electron chi connectivity index (χ0n) is 44.9. The fourth-order valence-corrected chi connectivity index (χ4v) is 9.87. The second-order valence-corrected chi connectivity index (χ2v) is 21.0. The molecule has 22 heteroatoms. The summed E-state index contributed by atoms with van der Waals surface area (Å²) in [6.45, 7) is 17.5. The lowest BCUT2D eigenvalue weighted by Gasteiger charge is -2.40. The molecule has 2 aromatic rings. The molecule has 0 spiro atoms. The number of primary amides is 1. The standard InChI is InChI=1S/C52H82N10O11S/c1-11-23-62(50(69)44(32(7)12-2)60-47(67)40-17-13-14-24-61(40)10)41(30(3)4)27-42(73-34(9)64)49-59-39(28-74-49)46(66)57-37(25-33(8)51(70)71)26-35-18-20-36(21-19-35)56-45(65)38(16-15-22-54-52(53)72)58-48(68)43(31(5)6)55-29-63/h18-21,28-33,37-38,40-44H,11-17,22-27H2,1-10H3,(H,55,63)(H,56,65)(H,57,66)(H,58,68)(H,60,67)(H,70,71)(H3,53,54,72)/t32-,33?,37+,38-,40+,41+,42+,43-,44-/m0/s1. The van der Waals surface area contributed by atoms with E-state index in [1.165, 1.54) is 19.2 Å². The number of carboxylic acids is 1. The van der Waals surface area contributed by atoms with Gasteiger partial charge in [0.25, 0.3) is 5.91 Å². The van der Waals surface area contributed by atoms with Crippen LogP contribution in [0.25, 0.3) is 0 Å². The number of urea groups is 1. The van der Waals surface area contributed by atoms with Crippen molar-refractivity contribution >= 4 is 70.9 Å². The molecule has 21 nitrogen and oxygen atoms in total. The second kappa shape index (κ2) is 30.9. The van der Waals surface area contributed by atoms with Crippen LogP contribution in [0.3, 0.4) is 0 Å². The van der Waals surface area contributed by atoms with Crippen LogP contribution >= 0.6 is 11.3 Å². The first kappa shape index (κ1) is 62.1. The van der Waals surface area contributed by atoms with E-state index in [1.807, 2.05) is 46.6 Å². The third-order valence-electron chi connectivity index (χ3n) is 13.5. The van der Waals surface area contributed by atoms with E-state index in [4.69, 9.17) is 10.5 Å². The Hall–Kier alpha value is -6.16. The van der Waals surface area contributed by atoms with E-state index in [2.05, 4.69) is 36.9 Å². The first-order valence-electron chi connectivity index (χ1n) is 25.9. The molecule has 8 amide bonds. The van der Waals surface area contributed by atoms with E-state index in [9.17, 15) is 48.3 Å². The smallest absolute Gasteiger partial charge is 0.312 e. The number of aromatic nitrogens is 1. The van der Waals surface area contributed by atoms with E-state index in [0.717, 1.165) is 30.7 Å². The molecule has 1 aromatic carbocycles. The van der Waals surface area contributed by atoms with Crippen LogP contribution in [0.4, 0.5) is 10.5 Å². The number of esters is 1. The van der Waals surface area contributed by atoms with Gasteiger partial charge in [-0.3, -0.25) is 43.3 Å². The average molecular weight is 1060 g/mol. The highest BCUT2D eigenvalue weighted by molar-refractivity contribution is 7.09. The summed E-state index contributed by atoms with van der Waals surface area (Å²) in [5, 5.41) is 28.2. The van der Waals surface area contributed by atoms with E-state index < -0.39 is 77.9 Å².